The number of benzene rings is 11. The van der Waals surface area contributed by atoms with Gasteiger partial charge in [0.2, 0.25) is 11.8 Å². The summed E-state index contributed by atoms with van der Waals surface area (Å²) < 4.78 is 40.2. The summed E-state index contributed by atoms with van der Waals surface area (Å²) in [5, 5.41) is 8.44. The van der Waals surface area contributed by atoms with Crippen LogP contribution >= 0.6 is 46.4 Å². The summed E-state index contributed by atoms with van der Waals surface area (Å²) in [5.41, 5.74) is 1.27. The second kappa shape index (κ2) is 30.2. The summed E-state index contributed by atoms with van der Waals surface area (Å²) in [6, 6.07) is 45.9. The van der Waals surface area contributed by atoms with Crippen LogP contribution in [0.2, 0.25) is 20.1 Å². The summed E-state index contributed by atoms with van der Waals surface area (Å²) >= 11 is 27.2. The quantitative estimate of drug-likeness (QED) is 0.0212. The number of fused-ring (bicyclic) bond motifs is 2. The lowest BCUT2D eigenvalue weighted by molar-refractivity contribution is -0.147. The smallest absolute Gasteiger partial charge is 0.333 e. The molecule has 0 radical (unpaired) electrons. The monoisotopic (exact) mass is 1520 g/mol. The molecule has 6 unspecified atom stereocenters. The van der Waals surface area contributed by atoms with Crippen molar-refractivity contribution in [3.8, 4) is 46.0 Å². The summed E-state index contributed by atoms with van der Waals surface area (Å²) in [5.74, 6) is -5.51. The van der Waals surface area contributed by atoms with E-state index in [-0.39, 0.29) is 168 Å². The van der Waals surface area contributed by atoms with Crippen molar-refractivity contribution in [3.63, 3.8) is 0 Å². The number of carbonyl (C=O) groups is 8. The van der Waals surface area contributed by atoms with Crippen LogP contribution in [0.25, 0.3) is 43.1 Å². The molecule has 0 spiro atoms. The van der Waals surface area contributed by atoms with E-state index in [1.165, 1.54) is 24.3 Å². The number of halogens is 4. The van der Waals surface area contributed by atoms with E-state index in [0.29, 0.717) is 49.7 Å². The van der Waals surface area contributed by atoms with Crippen molar-refractivity contribution >= 4 is 137 Å². The number of hydrogen-bond acceptors (Lipinski definition) is 14. The number of esters is 2. The Labute approximate surface area is 640 Å². The Hall–Kier alpha value is -11.3. The molecular weight excluding hydrogens is 1450 g/mol. The number of amides is 6. The summed E-state index contributed by atoms with van der Waals surface area (Å²) in [6.45, 7) is 10.6. The summed E-state index contributed by atoms with van der Waals surface area (Å²) in [7, 11) is 0. The lowest BCUT2D eigenvalue weighted by Crippen LogP contribution is -2.56. The first-order chi connectivity index (χ1) is 52.1. The van der Waals surface area contributed by atoms with Gasteiger partial charge < -0.3 is 39.1 Å². The van der Waals surface area contributed by atoms with E-state index in [9.17, 15) is 9.59 Å². The predicted octanol–water partition coefficient (Wildman–Crippen LogP) is 19.0. The zero-order chi connectivity index (χ0) is 75.3. The molecular formula is C86H68Cl4N4O14. The van der Waals surface area contributed by atoms with Crippen molar-refractivity contribution < 1.29 is 66.8 Å². The third kappa shape index (κ3) is 14.4. The van der Waals surface area contributed by atoms with E-state index >= 15 is 28.8 Å². The number of carbonyl (C=O) groups excluding carboxylic acids is 8. The number of hydrogen-bond donors (Lipinski definition) is 2. The highest BCUT2D eigenvalue weighted by Crippen LogP contribution is 2.58. The molecule has 18 nitrogen and oxygen atoms in total. The third-order valence-corrected chi connectivity index (χ3v) is 21.0. The first kappa shape index (κ1) is 72.3. The van der Waals surface area contributed by atoms with E-state index in [1.54, 1.807) is 159 Å². The minimum atomic E-state index is -1.52. The van der Waals surface area contributed by atoms with Gasteiger partial charge in [-0.2, -0.15) is 0 Å². The second-order valence-corrected chi connectivity index (χ2v) is 29.4. The van der Waals surface area contributed by atoms with Gasteiger partial charge in [0.05, 0.1) is 22.3 Å². The molecule has 2 saturated carbocycles. The average molecular weight is 1520 g/mol. The molecule has 4 aliphatic rings. The van der Waals surface area contributed by atoms with Crippen LogP contribution in [0.5, 0.6) is 46.0 Å². The molecule has 2 aliphatic carbocycles. The lowest BCUT2D eigenvalue weighted by Gasteiger charge is -2.37. The number of rotatable bonds is 22. The maximum atomic E-state index is 16.6. The van der Waals surface area contributed by atoms with Gasteiger partial charge in [-0.25, -0.2) is 9.59 Å². The first-order valence-electron chi connectivity index (χ1n) is 35.4. The molecule has 11 aromatic rings. The fourth-order valence-corrected chi connectivity index (χ4v) is 15.9. The Morgan fingerprint density at radius 2 is 0.694 bits per heavy atom. The van der Waals surface area contributed by atoms with Gasteiger partial charge >= 0.3 is 11.9 Å². The first-order valence-corrected chi connectivity index (χ1v) is 36.9. The average Bonchev–Trinajstić information content (AvgIpc) is 0.671. The predicted molar refractivity (Wildman–Crippen MR) is 413 cm³/mol. The topological polar surface area (TPSA) is 222 Å². The van der Waals surface area contributed by atoms with Crippen molar-refractivity contribution in [1.82, 2.24) is 20.4 Å². The maximum Gasteiger partial charge on any atom is 0.333 e. The molecule has 0 saturated heterocycles. The van der Waals surface area contributed by atoms with Gasteiger partial charge in [-0.05, 0) is 161 Å². The van der Waals surface area contributed by atoms with Crippen LogP contribution in [0.1, 0.15) is 118 Å². The molecule has 15 rings (SSSR count). The number of nitrogens with zero attached hydrogens (tertiary/aromatic N) is 2. The Bertz CT molecular complexity index is 5020. The summed E-state index contributed by atoms with van der Waals surface area (Å²) in [6.07, 6.45) is 2.38. The lowest BCUT2D eigenvalue weighted by atomic mass is 9.80. The molecule has 6 amide bonds. The van der Waals surface area contributed by atoms with E-state index in [0.717, 1.165) is 9.80 Å². The Morgan fingerprint density at radius 3 is 0.972 bits per heavy atom. The molecule has 0 aromatic heterocycles. The van der Waals surface area contributed by atoms with Crippen LogP contribution in [0, 0.1) is 0 Å². The zero-order valence-corrected chi connectivity index (χ0v) is 61.4. The van der Waals surface area contributed by atoms with Gasteiger partial charge in [-0.15, -0.1) is 0 Å². The molecule has 544 valence electrons. The Balaban J connectivity index is 1.01. The molecule has 22 heteroatoms. The van der Waals surface area contributed by atoms with Gasteiger partial charge in [0.15, 0.2) is 0 Å². The molecule has 2 fully saturated rings. The highest BCUT2D eigenvalue weighted by atomic mass is 35.5. The highest BCUT2D eigenvalue weighted by molar-refractivity contribution is 6.45. The molecule has 108 heavy (non-hydrogen) atoms. The van der Waals surface area contributed by atoms with Crippen LogP contribution in [0.4, 0.5) is 0 Å². The van der Waals surface area contributed by atoms with Gasteiger partial charge in [-0.3, -0.25) is 38.6 Å². The van der Waals surface area contributed by atoms with Gasteiger partial charge in [0.25, 0.3) is 23.6 Å². The van der Waals surface area contributed by atoms with Crippen LogP contribution in [0.3, 0.4) is 0 Å². The zero-order valence-electron chi connectivity index (χ0n) is 58.4. The molecule has 0 bridgehead atoms. The Morgan fingerprint density at radius 1 is 0.398 bits per heavy atom. The third-order valence-electron chi connectivity index (χ3n) is 20.0. The number of ether oxygens (including phenoxy) is 6. The van der Waals surface area contributed by atoms with Crippen LogP contribution in [-0.4, -0.2) is 93.6 Å². The minimum absolute atomic E-state index is 0.0511. The number of nitrogens with one attached hydrogen (secondary N) is 2. The normalized spacial score (nSPS) is 17.5. The standard InChI is InChI=1S/C86H68Cl4N4O14/c1-45(2)85(101)107-59-31-15-25-53(39-59)91-79(95)65(33-47-17-7-5-8-18-47)93-81(97)61-41-67(103-55-27-11-21-49(87)35-55)73-75-69(105-57-29-13-23-51(89)37-57)43-63-72-64(84(100)94(83(63)99)66(34-48-19-9-6-10-20-48)80(96)92-54-26-16-32-60(40-54)108-86(102)46(3)4)44-70(106-58-30-14-24-52(90)38-58)76(78(72)75)74-68(104-56-28-12-22-50(88)36-56)42-62(82(93)98)71(61)77(73)74/h5-14,17-24,27-30,35-38,41-44,53-54,59-60,65-66H,1,3,15-16,25-26,31-34,39-40H2,2,4H3,(H,91,95)(H,92,96). The van der Waals surface area contributed by atoms with E-state index in [1.807, 2.05) is 12.1 Å². The van der Waals surface area contributed by atoms with Gasteiger partial charge in [0, 0.05) is 112 Å². The van der Waals surface area contributed by atoms with E-state index in [2.05, 4.69) is 23.8 Å². The van der Waals surface area contributed by atoms with Crippen LogP contribution < -0.4 is 29.6 Å². The largest absolute Gasteiger partial charge is 0.459 e. The second-order valence-electron chi connectivity index (χ2n) is 27.7. The van der Waals surface area contributed by atoms with Crippen LogP contribution in [0.15, 0.2) is 206 Å². The van der Waals surface area contributed by atoms with Crippen LogP contribution in [-0.2, 0) is 41.5 Å². The van der Waals surface area contributed by atoms with Crippen molar-refractivity contribution in [2.45, 2.75) is 114 Å². The Kier molecular flexibility index (Phi) is 20.2. The van der Waals surface area contributed by atoms with Crippen molar-refractivity contribution in [1.29, 1.82) is 0 Å². The van der Waals surface area contributed by atoms with E-state index < -0.39 is 83.8 Å². The van der Waals surface area contributed by atoms with Gasteiger partial charge in [0.1, 0.15) is 70.3 Å². The fourth-order valence-electron chi connectivity index (χ4n) is 15.2. The minimum Gasteiger partial charge on any atom is -0.459 e. The summed E-state index contributed by atoms with van der Waals surface area (Å²) in [4.78, 5) is 125. The van der Waals surface area contributed by atoms with Crippen molar-refractivity contribution in [3.05, 3.63) is 260 Å². The molecule has 2 N–H and O–H groups in total. The van der Waals surface area contributed by atoms with Gasteiger partial charge in [-0.1, -0.05) is 144 Å². The molecule has 2 heterocycles. The highest BCUT2D eigenvalue weighted by Gasteiger charge is 2.47. The van der Waals surface area contributed by atoms with Crippen molar-refractivity contribution in [2.24, 2.45) is 0 Å². The van der Waals surface area contributed by atoms with E-state index in [4.69, 9.17) is 74.8 Å². The molecule has 6 atom stereocenters. The number of imide groups is 2. The molecule has 2 aliphatic heterocycles. The SMILES string of the molecule is C=C(C)C(=O)OC1CCCC(NC(=O)C(Cc2ccccc2)N2C(=O)c3cc(Oc4cccc(Cl)c4)c4c5c(Oc6cccc(Cl)c6)cc6c7c(cc(Oc8cccc(Cl)c8)c(c8c(Oc9cccc(Cl)c9)cc(c3c48)C2=O)c75)C(=O)N(C(Cc2ccccc2)C(=O)NC2CCCC(OC(=O)C(=C)C)C2)C6=O)C1. The van der Waals surface area contributed by atoms with Crippen molar-refractivity contribution in [2.75, 3.05) is 0 Å². The maximum absolute atomic E-state index is 16.6. The fraction of sp³-hybridized carbons (Fsp3) is 0.209. The molecule has 11 aromatic carbocycles.